The van der Waals surface area contributed by atoms with E-state index in [-0.39, 0.29) is 24.4 Å². The van der Waals surface area contributed by atoms with Gasteiger partial charge < -0.3 is 15.2 Å². The number of nitrogens with zero attached hydrogens (tertiary/aromatic N) is 1. The van der Waals surface area contributed by atoms with Crippen LogP contribution in [-0.4, -0.2) is 35.5 Å². The highest BCUT2D eigenvalue weighted by Crippen LogP contribution is 1.99. The van der Waals surface area contributed by atoms with Crippen molar-refractivity contribution in [3.63, 3.8) is 0 Å². The van der Waals surface area contributed by atoms with Crippen molar-refractivity contribution in [2.24, 2.45) is 7.05 Å². The molecule has 0 aliphatic carbocycles. The minimum absolute atomic E-state index is 0.0721. The summed E-state index contributed by atoms with van der Waals surface area (Å²) in [6.07, 6.45) is 3.89. The summed E-state index contributed by atoms with van der Waals surface area (Å²) in [5, 5.41) is 8.36. The van der Waals surface area contributed by atoms with Crippen LogP contribution in [0.1, 0.15) is 5.56 Å². The van der Waals surface area contributed by atoms with Crippen LogP contribution in [0.2, 0.25) is 0 Å². The molecular weight excluding hydrogens is 220 g/mol. The fourth-order valence-corrected chi connectivity index (χ4v) is 1.73. The van der Waals surface area contributed by atoms with Crippen LogP contribution in [0.25, 0.3) is 0 Å². The molecule has 1 aliphatic rings. The maximum Gasteiger partial charge on any atom is 0.239 e. The number of piperazine rings is 1. The van der Waals surface area contributed by atoms with E-state index in [1.807, 2.05) is 30.1 Å². The molecule has 2 rings (SSSR count). The number of rotatable bonds is 3. The first kappa shape index (κ1) is 11.7. The predicted octanol–water partition coefficient (Wildman–Crippen LogP) is -1.27. The average Bonchev–Trinajstić information content (AvgIpc) is 2.73. The van der Waals surface area contributed by atoms with Gasteiger partial charge in [-0.2, -0.15) is 0 Å². The van der Waals surface area contributed by atoms with Crippen molar-refractivity contribution >= 4 is 11.8 Å². The molecule has 17 heavy (non-hydrogen) atoms. The molecule has 1 aliphatic heterocycles. The third kappa shape index (κ3) is 3.07. The molecule has 2 amide bonds. The van der Waals surface area contributed by atoms with Gasteiger partial charge in [-0.05, 0) is 11.6 Å². The Morgan fingerprint density at radius 3 is 3.06 bits per heavy atom. The highest BCUT2D eigenvalue weighted by molar-refractivity contribution is 5.86. The van der Waals surface area contributed by atoms with Crippen LogP contribution in [-0.2, 0) is 23.2 Å². The van der Waals surface area contributed by atoms with Gasteiger partial charge in [0, 0.05) is 32.5 Å². The summed E-state index contributed by atoms with van der Waals surface area (Å²) in [6.45, 7) is 1.05. The van der Waals surface area contributed by atoms with Crippen LogP contribution in [0.5, 0.6) is 0 Å². The maximum absolute atomic E-state index is 11.8. The second-order valence-electron chi connectivity index (χ2n) is 4.14. The number of carbonyl (C=O) groups is 2. The first-order valence-corrected chi connectivity index (χ1v) is 5.54. The third-order valence-corrected chi connectivity index (χ3v) is 2.69. The van der Waals surface area contributed by atoms with Gasteiger partial charge in [0.1, 0.15) is 6.04 Å². The van der Waals surface area contributed by atoms with E-state index in [0.29, 0.717) is 13.1 Å². The largest absolute Gasteiger partial charge is 0.357 e. The number of hydrogen-bond acceptors (Lipinski definition) is 3. The quantitative estimate of drug-likeness (QED) is 0.612. The number of hydrogen-bond donors (Lipinski definition) is 3. The first-order valence-electron chi connectivity index (χ1n) is 5.54. The van der Waals surface area contributed by atoms with Crippen molar-refractivity contribution < 1.29 is 9.59 Å². The van der Waals surface area contributed by atoms with Gasteiger partial charge in [-0.3, -0.25) is 14.9 Å². The molecule has 1 aromatic rings. The Labute approximate surface area is 99.4 Å². The zero-order valence-electron chi connectivity index (χ0n) is 9.69. The lowest BCUT2D eigenvalue weighted by atomic mass is 10.2. The molecule has 2 heterocycles. The molecule has 1 aromatic heterocycles. The average molecular weight is 236 g/mol. The molecule has 0 radical (unpaired) electrons. The predicted molar refractivity (Wildman–Crippen MR) is 62.1 cm³/mol. The van der Waals surface area contributed by atoms with Gasteiger partial charge in [-0.15, -0.1) is 0 Å². The van der Waals surface area contributed by atoms with Gasteiger partial charge >= 0.3 is 0 Å². The van der Waals surface area contributed by atoms with E-state index in [4.69, 9.17) is 0 Å². The molecule has 1 unspecified atom stereocenters. The zero-order chi connectivity index (χ0) is 12.3. The highest BCUT2D eigenvalue weighted by Gasteiger charge is 2.23. The lowest BCUT2D eigenvalue weighted by Crippen LogP contribution is -2.57. The monoisotopic (exact) mass is 236 g/mol. The highest BCUT2D eigenvalue weighted by atomic mass is 16.2. The van der Waals surface area contributed by atoms with Crippen LogP contribution in [0, 0.1) is 0 Å². The number of carbonyl (C=O) groups excluding carboxylic acids is 2. The molecule has 0 spiro atoms. The lowest BCUT2D eigenvalue weighted by molar-refractivity contribution is -0.126. The van der Waals surface area contributed by atoms with E-state index < -0.39 is 0 Å². The summed E-state index contributed by atoms with van der Waals surface area (Å²) in [5.74, 6) is -0.161. The Kier molecular flexibility index (Phi) is 3.43. The lowest BCUT2D eigenvalue weighted by Gasteiger charge is -2.23. The fourth-order valence-electron chi connectivity index (χ4n) is 1.73. The van der Waals surface area contributed by atoms with Crippen LogP contribution in [0.15, 0.2) is 18.5 Å². The number of nitrogens with one attached hydrogen (secondary N) is 3. The molecule has 1 fully saturated rings. The minimum Gasteiger partial charge on any atom is -0.357 e. The summed E-state index contributed by atoms with van der Waals surface area (Å²) < 4.78 is 1.93. The Morgan fingerprint density at radius 2 is 2.47 bits per heavy atom. The van der Waals surface area contributed by atoms with E-state index >= 15 is 0 Å². The Bertz CT molecular complexity index is 417. The van der Waals surface area contributed by atoms with Crippen LogP contribution >= 0.6 is 0 Å². The molecule has 1 atom stereocenters. The van der Waals surface area contributed by atoms with Gasteiger partial charge in [0.05, 0.1) is 6.54 Å². The Morgan fingerprint density at radius 1 is 1.65 bits per heavy atom. The number of aryl methyl sites for hydroxylation is 1. The molecule has 0 aromatic carbocycles. The van der Waals surface area contributed by atoms with Crippen molar-refractivity contribution in [3.8, 4) is 0 Å². The van der Waals surface area contributed by atoms with Crippen molar-refractivity contribution in [2.75, 3.05) is 13.1 Å². The third-order valence-electron chi connectivity index (χ3n) is 2.69. The smallest absolute Gasteiger partial charge is 0.239 e. The Hall–Kier alpha value is -1.82. The van der Waals surface area contributed by atoms with E-state index in [0.717, 1.165) is 5.56 Å². The van der Waals surface area contributed by atoms with E-state index in [2.05, 4.69) is 16.0 Å². The summed E-state index contributed by atoms with van der Waals surface area (Å²) >= 11 is 0. The van der Waals surface area contributed by atoms with Crippen molar-refractivity contribution in [2.45, 2.75) is 12.6 Å². The van der Waals surface area contributed by atoms with E-state index in [9.17, 15) is 9.59 Å². The molecule has 3 N–H and O–H groups in total. The number of aromatic nitrogens is 1. The second kappa shape index (κ2) is 5.01. The van der Waals surface area contributed by atoms with Crippen LogP contribution < -0.4 is 16.0 Å². The van der Waals surface area contributed by atoms with Crippen LogP contribution in [0.3, 0.4) is 0 Å². The zero-order valence-corrected chi connectivity index (χ0v) is 9.69. The molecule has 6 nitrogen and oxygen atoms in total. The van der Waals surface area contributed by atoms with Crippen molar-refractivity contribution in [1.29, 1.82) is 0 Å². The van der Waals surface area contributed by atoms with Gasteiger partial charge in [0.25, 0.3) is 0 Å². The SMILES string of the molecule is Cn1ccc(CNC(=O)C2CNC(=O)CN2)c1. The van der Waals surface area contributed by atoms with Gasteiger partial charge in [-0.25, -0.2) is 0 Å². The standard InChI is InChI=1S/C11H16N4O2/c1-15-3-2-8(7-15)4-14-11(17)9-5-13-10(16)6-12-9/h2-3,7,9,12H,4-6H2,1H3,(H,13,16)(H,14,17). The molecule has 0 bridgehead atoms. The van der Waals surface area contributed by atoms with Crippen molar-refractivity contribution in [1.82, 2.24) is 20.5 Å². The topological polar surface area (TPSA) is 75.2 Å². The normalized spacial score (nSPS) is 19.8. The summed E-state index contributed by atoms with van der Waals surface area (Å²) in [4.78, 5) is 22.7. The van der Waals surface area contributed by atoms with E-state index in [1.54, 1.807) is 0 Å². The van der Waals surface area contributed by atoms with Crippen LogP contribution in [0.4, 0.5) is 0 Å². The summed E-state index contributed by atoms with van der Waals surface area (Å²) in [6, 6.07) is 1.62. The van der Waals surface area contributed by atoms with Gasteiger partial charge in [0.2, 0.25) is 11.8 Å². The minimum atomic E-state index is -0.337. The summed E-state index contributed by atoms with van der Waals surface area (Å²) in [5.41, 5.74) is 1.06. The molecule has 92 valence electrons. The molecule has 0 saturated carbocycles. The maximum atomic E-state index is 11.8. The molecule has 1 saturated heterocycles. The second-order valence-corrected chi connectivity index (χ2v) is 4.14. The van der Waals surface area contributed by atoms with Crippen molar-refractivity contribution in [3.05, 3.63) is 24.0 Å². The van der Waals surface area contributed by atoms with Gasteiger partial charge in [-0.1, -0.05) is 0 Å². The number of amides is 2. The van der Waals surface area contributed by atoms with E-state index in [1.165, 1.54) is 0 Å². The summed E-state index contributed by atoms with van der Waals surface area (Å²) in [7, 11) is 1.93. The fraction of sp³-hybridized carbons (Fsp3) is 0.455. The molecule has 6 heteroatoms. The van der Waals surface area contributed by atoms with Gasteiger partial charge in [0.15, 0.2) is 0 Å². The molecular formula is C11H16N4O2. The first-order chi connectivity index (χ1) is 8.15. The Balaban J connectivity index is 1.79.